The molecule has 0 saturated heterocycles. The molecular weight excluding hydrogens is 338 g/mol. The molecule has 112 valence electrons. The average molecular weight is 349 g/mol. The van der Waals surface area contributed by atoms with E-state index in [-0.39, 0.29) is 21.3 Å². The summed E-state index contributed by atoms with van der Waals surface area (Å²) in [6, 6.07) is 6.01. The van der Waals surface area contributed by atoms with E-state index in [1.165, 1.54) is 18.2 Å². The monoisotopic (exact) mass is 348 g/mol. The van der Waals surface area contributed by atoms with Gasteiger partial charge in [-0.05, 0) is 42.8 Å². The van der Waals surface area contributed by atoms with Gasteiger partial charge in [0.1, 0.15) is 5.82 Å². The molecule has 0 spiro atoms. The second kappa shape index (κ2) is 5.71. The van der Waals surface area contributed by atoms with Crippen LogP contribution >= 0.6 is 23.2 Å². The Morgan fingerprint density at radius 2 is 1.81 bits per heavy atom. The zero-order chi connectivity index (χ0) is 15.8. The Kier molecular flexibility index (Phi) is 4.32. The zero-order valence-corrected chi connectivity index (χ0v) is 13.2. The van der Waals surface area contributed by atoms with Crippen LogP contribution in [0.25, 0.3) is 0 Å². The minimum Gasteiger partial charge on any atom is -0.397 e. The topological polar surface area (TPSA) is 72.2 Å². The van der Waals surface area contributed by atoms with Gasteiger partial charge >= 0.3 is 0 Å². The smallest absolute Gasteiger partial charge is 0.261 e. The van der Waals surface area contributed by atoms with Crippen molar-refractivity contribution in [1.29, 1.82) is 0 Å². The highest BCUT2D eigenvalue weighted by atomic mass is 35.5. The second-order valence-corrected chi connectivity index (χ2v) is 6.90. The molecule has 21 heavy (non-hydrogen) atoms. The zero-order valence-electron chi connectivity index (χ0n) is 10.8. The van der Waals surface area contributed by atoms with Gasteiger partial charge in [0.2, 0.25) is 0 Å². The number of rotatable bonds is 3. The van der Waals surface area contributed by atoms with Crippen LogP contribution in [0.3, 0.4) is 0 Å². The minimum absolute atomic E-state index is 0.0196. The summed E-state index contributed by atoms with van der Waals surface area (Å²) < 4.78 is 40.0. The lowest BCUT2D eigenvalue weighted by molar-refractivity contribution is 0.601. The lowest BCUT2D eigenvalue weighted by Crippen LogP contribution is -2.14. The molecule has 2 rings (SSSR count). The van der Waals surface area contributed by atoms with Gasteiger partial charge in [-0.3, -0.25) is 4.72 Å². The summed E-state index contributed by atoms with van der Waals surface area (Å²) in [6.45, 7) is 1.64. The molecule has 3 N–H and O–H groups in total. The van der Waals surface area contributed by atoms with Crippen molar-refractivity contribution >= 4 is 44.6 Å². The maximum absolute atomic E-state index is 13.2. The first-order valence-corrected chi connectivity index (χ1v) is 7.97. The highest BCUT2D eigenvalue weighted by Crippen LogP contribution is 2.28. The molecule has 2 aromatic carbocycles. The molecule has 0 unspecified atom stereocenters. The van der Waals surface area contributed by atoms with Crippen molar-refractivity contribution in [3.05, 3.63) is 51.8 Å². The molecule has 0 bridgehead atoms. The molecule has 0 radical (unpaired) electrons. The van der Waals surface area contributed by atoms with E-state index < -0.39 is 15.8 Å². The summed E-state index contributed by atoms with van der Waals surface area (Å²) in [5.41, 5.74) is 6.34. The largest absolute Gasteiger partial charge is 0.397 e. The van der Waals surface area contributed by atoms with Crippen molar-refractivity contribution in [1.82, 2.24) is 0 Å². The summed E-state index contributed by atoms with van der Waals surface area (Å²) in [6.07, 6.45) is 0. The van der Waals surface area contributed by atoms with Gasteiger partial charge in [0.25, 0.3) is 10.0 Å². The minimum atomic E-state index is -3.92. The molecule has 0 saturated carbocycles. The summed E-state index contributed by atoms with van der Waals surface area (Å²) in [4.78, 5) is -0.0673. The summed E-state index contributed by atoms with van der Waals surface area (Å²) in [5.74, 6) is -0.646. The third-order valence-electron chi connectivity index (χ3n) is 2.68. The van der Waals surface area contributed by atoms with E-state index in [0.717, 1.165) is 12.1 Å². The summed E-state index contributed by atoms with van der Waals surface area (Å²) in [7, 11) is -3.92. The van der Waals surface area contributed by atoms with Crippen molar-refractivity contribution in [2.24, 2.45) is 0 Å². The quantitative estimate of drug-likeness (QED) is 0.828. The van der Waals surface area contributed by atoms with Crippen LogP contribution in [0.5, 0.6) is 0 Å². The van der Waals surface area contributed by atoms with E-state index in [4.69, 9.17) is 28.9 Å². The molecule has 0 aliphatic carbocycles. The maximum Gasteiger partial charge on any atom is 0.261 e. The Morgan fingerprint density at radius 1 is 1.14 bits per heavy atom. The predicted octanol–water partition coefficient (Wildman–Crippen LogP) is 3.82. The molecular formula is C13H11Cl2FN2O2S. The third kappa shape index (κ3) is 3.58. The fraction of sp³-hybridized carbons (Fsp3) is 0.0769. The van der Waals surface area contributed by atoms with E-state index in [1.54, 1.807) is 6.92 Å². The molecule has 8 heteroatoms. The van der Waals surface area contributed by atoms with E-state index in [0.29, 0.717) is 10.6 Å². The first kappa shape index (κ1) is 15.9. The fourth-order valence-corrected chi connectivity index (χ4v) is 3.24. The van der Waals surface area contributed by atoms with Crippen LogP contribution in [0.2, 0.25) is 10.0 Å². The van der Waals surface area contributed by atoms with E-state index in [1.807, 2.05) is 0 Å². The molecule has 0 aliphatic rings. The second-order valence-electron chi connectivity index (χ2n) is 4.41. The van der Waals surface area contributed by atoms with Crippen LogP contribution in [-0.4, -0.2) is 8.42 Å². The van der Waals surface area contributed by atoms with Gasteiger partial charge in [-0.15, -0.1) is 0 Å². The number of anilines is 2. The number of hydrogen-bond donors (Lipinski definition) is 2. The van der Waals surface area contributed by atoms with Crippen LogP contribution in [-0.2, 0) is 10.0 Å². The summed E-state index contributed by atoms with van der Waals surface area (Å²) in [5, 5.41) is 0.377. The number of sulfonamides is 1. The predicted molar refractivity (Wildman–Crippen MR) is 82.8 cm³/mol. The van der Waals surface area contributed by atoms with Crippen molar-refractivity contribution in [3.63, 3.8) is 0 Å². The number of nitrogens with one attached hydrogen (secondary N) is 1. The Bertz CT molecular complexity index is 767. The normalized spacial score (nSPS) is 11.4. The Morgan fingerprint density at radius 3 is 2.38 bits per heavy atom. The Hall–Kier alpha value is -1.50. The average Bonchev–Trinajstić information content (AvgIpc) is 2.33. The van der Waals surface area contributed by atoms with Crippen LogP contribution in [0.1, 0.15) is 5.56 Å². The molecule has 0 heterocycles. The number of aryl methyl sites for hydroxylation is 1. The van der Waals surface area contributed by atoms with Crippen molar-refractivity contribution in [3.8, 4) is 0 Å². The van der Waals surface area contributed by atoms with Gasteiger partial charge in [0.05, 0.1) is 21.3 Å². The van der Waals surface area contributed by atoms with Crippen LogP contribution in [0, 0.1) is 12.7 Å². The number of nitrogen functional groups attached to an aromatic ring is 1. The SMILES string of the molecule is Cc1cc(S(=O)(=O)Nc2cc(F)cc(Cl)c2)cc(N)c1Cl. The number of hydrogen-bond acceptors (Lipinski definition) is 3. The molecule has 0 aromatic heterocycles. The molecule has 4 nitrogen and oxygen atoms in total. The van der Waals surface area contributed by atoms with Gasteiger partial charge in [-0.1, -0.05) is 23.2 Å². The van der Waals surface area contributed by atoms with E-state index >= 15 is 0 Å². The van der Waals surface area contributed by atoms with Crippen molar-refractivity contribution < 1.29 is 12.8 Å². The summed E-state index contributed by atoms with van der Waals surface area (Å²) >= 11 is 11.6. The molecule has 0 atom stereocenters. The van der Waals surface area contributed by atoms with Crippen molar-refractivity contribution in [2.45, 2.75) is 11.8 Å². The first-order chi connectivity index (χ1) is 9.69. The van der Waals surface area contributed by atoms with Gasteiger partial charge < -0.3 is 5.73 Å². The Labute approximate surface area is 131 Å². The van der Waals surface area contributed by atoms with Gasteiger partial charge in [0.15, 0.2) is 0 Å². The van der Waals surface area contributed by atoms with Gasteiger partial charge in [-0.2, -0.15) is 0 Å². The van der Waals surface area contributed by atoms with Crippen molar-refractivity contribution in [2.75, 3.05) is 10.5 Å². The third-order valence-corrected chi connectivity index (χ3v) is 4.78. The van der Waals surface area contributed by atoms with Gasteiger partial charge in [0, 0.05) is 5.02 Å². The number of halogens is 3. The standard InChI is InChI=1S/C13H11Cl2FN2O2S/c1-7-2-11(6-12(17)13(7)15)21(19,20)18-10-4-8(14)3-9(16)5-10/h2-6,18H,17H2,1H3. The van der Waals surface area contributed by atoms with Gasteiger partial charge in [-0.25, -0.2) is 12.8 Å². The van der Waals surface area contributed by atoms with E-state index in [9.17, 15) is 12.8 Å². The van der Waals surface area contributed by atoms with Crippen LogP contribution in [0.15, 0.2) is 35.2 Å². The first-order valence-electron chi connectivity index (χ1n) is 5.73. The molecule has 0 amide bonds. The lowest BCUT2D eigenvalue weighted by Gasteiger charge is -2.11. The maximum atomic E-state index is 13.2. The Balaban J connectivity index is 2.43. The van der Waals surface area contributed by atoms with Crippen LogP contribution in [0.4, 0.5) is 15.8 Å². The van der Waals surface area contributed by atoms with E-state index in [2.05, 4.69) is 4.72 Å². The molecule has 0 aliphatic heterocycles. The van der Waals surface area contributed by atoms with Crippen LogP contribution < -0.4 is 10.5 Å². The highest BCUT2D eigenvalue weighted by molar-refractivity contribution is 7.92. The fourth-order valence-electron chi connectivity index (χ4n) is 1.74. The number of benzene rings is 2. The molecule has 2 aromatic rings. The number of nitrogens with two attached hydrogens (primary N) is 1. The molecule has 0 fully saturated rings. The lowest BCUT2D eigenvalue weighted by atomic mass is 10.2. The highest BCUT2D eigenvalue weighted by Gasteiger charge is 2.17.